The SMILES string of the molecule is Cc1ccc2cc(OCc3ccccc3)ccc2c1OCc1ccccc1. The van der Waals surface area contributed by atoms with Crippen LogP contribution in [0.2, 0.25) is 0 Å². The van der Waals surface area contributed by atoms with Crippen LogP contribution < -0.4 is 9.47 Å². The van der Waals surface area contributed by atoms with Gasteiger partial charge in [0.1, 0.15) is 24.7 Å². The minimum atomic E-state index is 0.563. The molecule has 2 nitrogen and oxygen atoms in total. The van der Waals surface area contributed by atoms with E-state index in [1.165, 1.54) is 0 Å². The van der Waals surface area contributed by atoms with Gasteiger partial charge in [-0.15, -0.1) is 0 Å². The van der Waals surface area contributed by atoms with E-state index in [-0.39, 0.29) is 0 Å². The summed E-state index contributed by atoms with van der Waals surface area (Å²) in [6, 6.07) is 30.8. The number of hydrogen-bond acceptors (Lipinski definition) is 2. The third-order valence-electron chi connectivity index (χ3n) is 4.61. The molecule has 4 rings (SSSR count). The standard InChI is InChI=1S/C25H22O2/c1-19-12-13-22-16-23(26-17-20-8-4-2-5-9-20)14-15-24(22)25(19)27-18-21-10-6-3-7-11-21/h2-16H,17-18H2,1H3. The van der Waals surface area contributed by atoms with Crippen molar-refractivity contribution >= 4 is 10.8 Å². The highest BCUT2D eigenvalue weighted by Crippen LogP contribution is 2.32. The fourth-order valence-electron chi connectivity index (χ4n) is 3.14. The van der Waals surface area contributed by atoms with Gasteiger partial charge < -0.3 is 9.47 Å². The molecule has 0 aliphatic carbocycles. The van der Waals surface area contributed by atoms with Gasteiger partial charge in [0.05, 0.1) is 0 Å². The van der Waals surface area contributed by atoms with Gasteiger partial charge in [0, 0.05) is 5.39 Å². The second-order valence-electron chi connectivity index (χ2n) is 6.64. The van der Waals surface area contributed by atoms with E-state index >= 15 is 0 Å². The normalized spacial score (nSPS) is 10.7. The Hall–Kier alpha value is -3.26. The summed E-state index contributed by atoms with van der Waals surface area (Å²) in [5.74, 6) is 1.80. The Morgan fingerprint density at radius 2 is 1.26 bits per heavy atom. The summed E-state index contributed by atoms with van der Waals surface area (Å²) in [5, 5.41) is 2.23. The lowest BCUT2D eigenvalue weighted by Crippen LogP contribution is -1.98. The first-order valence-corrected chi connectivity index (χ1v) is 9.16. The fraction of sp³-hybridized carbons (Fsp3) is 0.120. The van der Waals surface area contributed by atoms with Crippen molar-refractivity contribution < 1.29 is 9.47 Å². The summed E-state index contributed by atoms with van der Waals surface area (Å²) in [6.45, 7) is 3.21. The number of hydrogen-bond donors (Lipinski definition) is 0. The van der Waals surface area contributed by atoms with E-state index in [9.17, 15) is 0 Å². The minimum absolute atomic E-state index is 0.563. The first kappa shape index (κ1) is 17.2. The molecule has 0 aromatic heterocycles. The van der Waals surface area contributed by atoms with Crippen LogP contribution in [0.1, 0.15) is 16.7 Å². The van der Waals surface area contributed by atoms with Crippen molar-refractivity contribution in [1.82, 2.24) is 0 Å². The Balaban J connectivity index is 1.54. The van der Waals surface area contributed by atoms with Gasteiger partial charge in [-0.3, -0.25) is 0 Å². The second kappa shape index (κ2) is 7.96. The van der Waals surface area contributed by atoms with Crippen molar-refractivity contribution in [3.63, 3.8) is 0 Å². The lowest BCUT2D eigenvalue weighted by molar-refractivity contribution is 0.305. The number of rotatable bonds is 6. The maximum atomic E-state index is 6.16. The highest BCUT2D eigenvalue weighted by molar-refractivity contribution is 5.90. The number of fused-ring (bicyclic) bond motifs is 1. The number of aryl methyl sites for hydroxylation is 1. The molecule has 0 radical (unpaired) electrons. The van der Waals surface area contributed by atoms with Gasteiger partial charge in [0.15, 0.2) is 0 Å². The van der Waals surface area contributed by atoms with Crippen molar-refractivity contribution in [1.29, 1.82) is 0 Å². The summed E-state index contributed by atoms with van der Waals surface area (Å²) in [6.07, 6.45) is 0. The van der Waals surface area contributed by atoms with E-state index in [0.29, 0.717) is 13.2 Å². The van der Waals surface area contributed by atoms with Gasteiger partial charge in [0.25, 0.3) is 0 Å². The van der Waals surface area contributed by atoms with Gasteiger partial charge >= 0.3 is 0 Å². The van der Waals surface area contributed by atoms with E-state index < -0.39 is 0 Å². The van der Waals surface area contributed by atoms with Gasteiger partial charge in [-0.25, -0.2) is 0 Å². The molecule has 0 unspecified atom stereocenters. The zero-order valence-corrected chi connectivity index (χ0v) is 15.4. The predicted molar refractivity (Wildman–Crippen MR) is 110 cm³/mol. The number of ether oxygens (including phenoxy) is 2. The predicted octanol–water partition coefficient (Wildman–Crippen LogP) is 6.31. The topological polar surface area (TPSA) is 18.5 Å². The maximum Gasteiger partial charge on any atom is 0.130 e. The molecule has 0 saturated heterocycles. The molecule has 0 heterocycles. The zero-order valence-electron chi connectivity index (χ0n) is 15.4. The first-order valence-electron chi connectivity index (χ1n) is 9.16. The van der Waals surface area contributed by atoms with E-state index in [1.807, 2.05) is 42.5 Å². The minimum Gasteiger partial charge on any atom is -0.489 e. The third kappa shape index (κ3) is 4.12. The maximum absolute atomic E-state index is 6.16. The van der Waals surface area contributed by atoms with Crippen LogP contribution in [-0.4, -0.2) is 0 Å². The van der Waals surface area contributed by atoms with E-state index in [4.69, 9.17) is 9.47 Å². The van der Waals surface area contributed by atoms with Crippen molar-refractivity contribution in [2.24, 2.45) is 0 Å². The van der Waals surface area contributed by atoms with Crippen LogP contribution in [0.4, 0.5) is 0 Å². The van der Waals surface area contributed by atoms with Crippen molar-refractivity contribution in [2.75, 3.05) is 0 Å². The summed E-state index contributed by atoms with van der Waals surface area (Å²) in [5.41, 5.74) is 3.46. The third-order valence-corrected chi connectivity index (χ3v) is 4.61. The summed E-state index contributed by atoms with van der Waals surface area (Å²) in [4.78, 5) is 0. The van der Waals surface area contributed by atoms with Crippen LogP contribution in [0.15, 0.2) is 91.0 Å². The first-order chi connectivity index (χ1) is 13.3. The molecule has 0 atom stereocenters. The highest BCUT2D eigenvalue weighted by atomic mass is 16.5. The van der Waals surface area contributed by atoms with Gasteiger partial charge in [0.2, 0.25) is 0 Å². The summed E-state index contributed by atoms with van der Waals surface area (Å²) >= 11 is 0. The molecule has 0 fully saturated rings. The molecule has 0 bridgehead atoms. The largest absolute Gasteiger partial charge is 0.489 e. The van der Waals surface area contributed by atoms with Gasteiger partial charge in [-0.2, -0.15) is 0 Å². The van der Waals surface area contributed by atoms with Gasteiger partial charge in [-0.05, 0) is 47.2 Å². The lowest BCUT2D eigenvalue weighted by atomic mass is 10.1. The molecule has 0 saturated carbocycles. The Labute approximate surface area is 160 Å². The van der Waals surface area contributed by atoms with Crippen LogP contribution in [0, 0.1) is 6.92 Å². The van der Waals surface area contributed by atoms with Crippen LogP contribution in [0.5, 0.6) is 11.5 Å². The average Bonchev–Trinajstić information content (AvgIpc) is 2.73. The van der Waals surface area contributed by atoms with Crippen molar-refractivity contribution in [2.45, 2.75) is 20.1 Å². The molecular weight excluding hydrogens is 332 g/mol. The molecule has 134 valence electrons. The smallest absolute Gasteiger partial charge is 0.130 e. The molecule has 4 aromatic rings. The number of benzene rings is 4. The van der Waals surface area contributed by atoms with E-state index in [2.05, 4.69) is 55.5 Å². The van der Waals surface area contributed by atoms with Crippen LogP contribution >= 0.6 is 0 Å². The molecule has 0 amide bonds. The Kier molecular flexibility index (Phi) is 5.06. The summed E-state index contributed by atoms with van der Waals surface area (Å²) < 4.78 is 12.1. The van der Waals surface area contributed by atoms with Crippen molar-refractivity contribution in [3.8, 4) is 11.5 Å². The van der Waals surface area contributed by atoms with Gasteiger partial charge in [-0.1, -0.05) is 72.8 Å². The molecule has 0 aliphatic rings. The Morgan fingerprint density at radius 1 is 0.630 bits per heavy atom. The lowest BCUT2D eigenvalue weighted by Gasteiger charge is -2.14. The van der Waals surface area contributed by atoms with Crippen molar-refractivity contribution in [3.05, 3.63) is 108 Å². The monoisotopic (exact) mass is 354 g/mol. The fourth-order valence-corrected chi connectivity index (χ4v) is 3.14. The molecule has 0 aliphatic heterocycles. The average molecular weight is 354 g/mol. The van der Waals surface area contributed by atoms with E-state index in [1.54, 1.807) is 0 Å². The molecule has 0 N–H and O–H groups in total. The molecule has 0 spiro atoms. The quantitative estimate of drug-likeness (QED) is 0.404. The molecular formula is C25H22O2. The Bertz CT molecular complexity index is 1020. The molecule has 4 aromatic carbocycles. The molecule has 2 heteroatoms. The van der Waals surface area contributed by atoms with Crippen LogP contribution in [0.25, 0.3) is 10.8 Å². The second-order valence-corrected chi connectivity index (χ2v) is 6.64. The van der Waals surface area contributed by atoms with E-state index in [0.717, 1.165) is 39.0 Å². The Morgan fingerprint density at radius 3 is 1.93 bits per heavy atom. The summed E-state index contributed by atoms with van der Waals surface area (Å²) in [7, 11) is 0. The van der Waals surface area contributed by atoms with Crippen LogP contribution in [-0.2, 0) is 13.2 Å². The highest BCUT2D eigenvalue weighted by Gasteiger charge is 2.08. The molecule has 27 heavy (non-hydrogen) atoms. The zero-order chi connectivity index (χ0) is 18.5. The van der Waals surface area contributed by atoms with Crippen LogP contribution in [0.3, 0.4) is 0 Å².